The van der Waals surface area contributed by atoms with Gasteiger partial charge < -0.3 is 5.11 Å². The number of aliphatic hydroxyl groups is 1. The highest BCUT2D eigenvalue weighted by molar-refractivity contribution is 5.94. The number of hydrogen-bond donors (Lipinski definition) is 1. The third-order valence-corrected chi connectivity index (χ3v) is 10.3. The van der Waals surface area contributed by atoms with Crippen molar-refractivity contribution in [3.8, 4) is 0 Å². The van der Waals surface area contributed by atoms with Crippen LogP contribution in [0.5, 0.6) is 0 Å². The van der Waals surface area contributed by atoms with Crippen molar-refractivity contribution in [2.24, 2.45) is 45.8 Å². The number of ketones is 1. The van der Waals surface area contributed by atoms with Crippen LogP contribution in [0.25, 0.3) is 0 Å². The first-order valence-electron chi connectivity index (χ1n) is 12.9. The summed E-state index contributed by atoms with van der Waals surface area (Å²) in [4.78, 5) is 13.4. The predicted octanol–water partition coefficient (Wildman–Crippen LogP) is 6.96. The zero-order valence-corrected chi connectivity index (χ0v) is 20.5. The van der Waals surface area contributed by atoms with Crippen LogP contribution in [0.4, 0.5) is 0 Å². The molecular formula is C28H46O2. The van der Waals surface area contributed by atoms with Crippen molar-refractivity contribution >= 4 is 5.78 Å². The van der Waals surface area contributed by atoms with Gasteiger partial charge in [-0.2, -0.15) is 0 Å². The molecule has 0 heterocycles. The molecule has 4 rings (SSSR count). The molecule has 0 saturated heterocycles. The van der Waals surface area contributed by atoms with Crippen LogP contribution in [0, 0.1) is 45.8 Å². The molecule has 1 N–H and O–H groups in total. The Kier molecular flexibility index (Phi) is 5.83. The van der Waals surface area contributed by atoms with E-state index < -0.39 is 0 Å². The minimum atomic E-state index is -0.243. The van der Waals surface area contributed by atoms with Crippen LogP contribution >= 0.6 is 0 Å². The summed E-state index contributed by atoms with van der Waals surface area (Å²) in [5, 5.41) is 10.2. The number of carbonyl (C=O) groups is 1. The van der Waals surface area contributed by atoms with Crippen LogP contribution < -0.4 is 0 Å². The first-order valence-corrected chi connectivity index (χ1v) is 12.9. The van der Waals surface area contributed by atoms with Gasteiger partial charge in [0, 0.05) is 5.92 Å². The van der Waals surface area contributed by atoms with Crippen LogP contribution in [0.3, 0.4) is 0 Å². The molecule has 0 spiro atoms. The van der Waals surface area contributed by atoms with E-state index >= 15 is 0 Å². The SMILES string of the molecule is C[C@H](CCCC(C)(C)C)[C@H]1CC[C@H]2[C@@H]3C(=O)C=C4C[C@@H](O)CC[C@]4(C)[C@H]3CC[C@]12C. The van der Waals surface area contributed by atoms with E-state index in [4.69, 9.17) is 0 Å². The smallest absolute Gasteiger partial charge is 0.159 e. The normalized spacial score (nSPS) is 44.7. The molecule has 8 atom stereocenters. The molecule has 0 amide bonds. The number of rotatable bonds is 4. The van der Waals surface area contributed by atoms with E-state index in [9.17, 15) is 9.90 Å². The molecule has 4 aliphatic rings. The highest BCUT2D eigenvalue weighted by Crippen LogP contribution is 2.66. The summed E-state index contributed by atoms with van der Waals surface area (Å²) < 4.78 is 0. The molecule has 2 nitrogen and oxygen atoms in total. The molecule has 0 unspecified atom stereocenters. The van der Waals surface area contributed by atoms with Gasteiger partial charge in [-0.15, -0.1) is 0 Å². The van der Waals surface area contributed by atoms with Crippen LogP contribution in [-0.2, 0) is 4.79 Å². The Labute approximate surface area is 185 Å². The van der Waals surface area contributed by atoms with Gasteiger partial charge in [0.1, 0.15) is 0 Å². The lowest BCUT2D eigenvalue weighted by Gasteiger charge is -2.57. The monoisotopic (exact) mass is 414 g/mol. The van der Waals surface area contributed by atoms with Gasteiger partial charge in [0.15, 0.2) is 5.78 Å². The number of aliphatic hydroxyl groups excluding tert-OH is 1. The molecule has 3 saturated carbocycles. The van der Waals surface area contributed by atoms with Gasteiger partial charge in [0.05, 0.1) is 6.10 Å². The van der Waals surface area contributed by atoms with Crippen LogP contribution in [0.15, 0.2) is 11.6 Å². The number of hydrogen-bond acceptors (Lipinski definition) is 2. The molecule has 0 radical (unpaired) electrons. The summed E-state index contributed by atoms with van der Waals surface area (Å²) in [6.07, 6.45) is 13.5. The summed E-state index contributed by atoms with van der Waals surface area (Å²) >= 11 is 0. The molecule has 170 valence electrons. The Morgan fingerprint density at radius 1 is 1.10 bits per heavy atom. The standard InChI is InChI=1S/C28H46O2/c1-18(8-7-13-26(2,3)4)21-9-10-22-25-23(12-15-28(21,22)6)27(5)14-11-20(29)16-19(27)17-24(25)30/h17-18,20-23,25,29H,7-16H2,1-6H3/t18-,20+,21-,22+,23+,25+,27+,28-/m1/s1. The number of allylic oxidation sites excluding steroid dienone is 1. The van der Waals surface area contributed by atoms with Crippen molar-refractivity contribution in [2.75, 3.05) is 0 Å². The van der Waals surface area contributed by atoms with Gasteiger partial charge in [-0.05, 0) is 97.4 Å². The number of fused-ring (bicyclic) bond motifs is 5. The average Bonchev–Trinajstić information content (AvgIpc) is 2.99. The molecule has 30 heavy (non-hydrogen) atoms. The van der Waals surface area contributed by atoms with Gasteiger partial charge >= 0.3 is 0 Å². The van der Waals surface area contributed by atoms with E-state index in [1.54, 1.807) is 0 Å². The third kappa shape index (κ3) is 3.74. The third-order valence-electron chi connectivity index (χ3n) is 10.3. The minimum Gasteiger partial charge on any atom is -0.393 e. The summed E-state index contributed by atoms with van der Waals surface area (Å²) in [6.45, 7) is 14.5. The lowest BCUT2D eigenvalue weighted by atomic mass is 9.46. The molecular weight excluding hydrogens is 368 g/mol. The van der Waals surface area contributed by atoms with Crippen molar-refractivity contribution in [1.82, 2.24) is 0 Å². The summed E-state index contributed by atoms with van der Waals surface area (Å²) in [5.41, 5.74) is 2.19. The van der Waals surface area contributed by atoms with Crippen molar-refractivity contribution in [3.05, 3.63) is 11.6 Å². The molecule has 4 aliphatic carbocycles. The van der Waals surface area contributed by atoms with Crippen molar-refractivity contribution in [1.29, 1.82) is 0 Å². The Morgan fingerprint density at radius 3 is 2.53 bits per heavy atom. The van der Waals surface area contributed by atoms with Crippen LogP contribution in [0.1, 0.15) is 106 Å². The number of carbonyl (C=O) groups excluding carboxylic acids is 1. The molecule has 0 aromatic rings. The topological polar surface area (TPSA) is 37.3 Å². The summed E-state index contributed by atoms with van der Waals surface area (Å²) in [6, 6.07) is 0. The molecule has 0 aromatic carbocycles. The maximum Gasteiger partial charge on any atom is 0.159 e. The summed E-state index contributed by atoms with van der Waals surface area (Å²) in [5.74, 6) is 3.26. The Hall–Kier alpha value is -0.630. The highest BCUT2D eigenvalue weighted by Gasteiger charge is 2.61. The second kappa shape index (κ2) is 7.75. The molecule has 2 heteroatoms. The lowest BCUT2D eigenvalue weighted by Crippen LogP contribution is -2.53. The molecule has 0 aromatic heterocycles. The fourth-order valence-corrected chi connectivity index (χ4v) is 8.51. The van der Waals surface area contributed by atoms with Gasteiger partial charge in [-0.3, -0.25) is 4.79 Å². The minimum absolute atomic E-state index is 0.148. The maximum absolute atomic E-state index is 13.4. The molecule has 3 fully saturated rings. The average molecular weight is 415 g/mol. The van der Waals surface area contributed by atoms with E-state index in [1.165, 1.54) is 50.5 Å². The molecule has 0 aliphatic heterocycles. The first kappa shape index (κ1) is 22.6. The zero-order valence-electron chi connectivity index (χ0n) is 20.5. The van der Waals surface area contributed by atoms with E-state index in [1.807, 2.05) is 6.08 Å². The van der Waals surface area contributed by atoms with Crippen LogP contribution in [0.2, 0.25) is 0 Å². The maximum atomic E-state index is 13.4. The fourth-order valence-electron chi connectivity index (χ4n) is 8.51. The Balaban J connectivity index is 1.52. The zero-order chi connectivity index (χ0) is 21.9. The highest BCUT2D eigenvalue weighted by atomic mass is 16.3. The van der Waals surface area contributed by atoms with E-state index in [2.05, 4.69) is 41.5 Å². The quantitative estimate of drug-likeness (QED) is 0.540. The van der Waals surface area contributed by atoms with E-state index in [-0.39, 0.29) is 17.4 Å². The first-order chi connectivity index (χ1) is 14.0. The Bertz CT molecular complexity index is 700. The molecule has 0 bridgehead atoms. The van der Waals surface area contributed by atoms with E-state index in [0.717, 1.165) is 31.1 Å². The van der Waals surface area contributed by atoms with E-state index in [0.29, 0.717) is 28.4 Å². The van der Waals surface area contributed by atoms with Crippen molar-refractivity contribution in [3.63, 3.8) is 0 Å². The fraction of sp³-hybridized carbons (Fsp3) is 0.893. The van der Waals surface area contributed by atoms with Crippen molar-refractivity contribution < 1.29 is 9.90 Å². The van der Waals surface area contributed by atoms with Gasteiger partial charge in [-0.1, -0.05) is 60.0 Å². The predicted molar refractivity (Wildman–Crippen MR) is 124 cm³/mol. The van der Waals surface area contributed by atoms with Crippen molar-refractivity contribution in [2.45, 2.75) is 112 Å². The van der Waals surface area contributed by atoms with Gasteiger partial charge in [0.2, 0.25) is 0 Å². The Morgan fingerprint density at radius 2 is 1.83 bits per heavy atom. The largest absolute Gasteiger partial charge is 0.393 e. The van der Waals surface area contributed by atoms with Gasteiger partial charge in [-0.25, -0.2) is 0 Å². The van der Waals surface area contributed by atoms with Crippen LogP contribution in [-0.4, -0.2) is 17.0 Å². The lowest BCUT2D eigenvalue weighted by molar-refractivity contribution is -0.135. The summed E-state index contributed by atoms with van der Waals surface area (Å²) in [7, 11) is 0. The van der Waals surface area contributed by atoms with Gasteiger partial charge in [0.25, 0.3) is 0 Å². The second-order valence-electron chi connectivity index (χ2n) is 13.3. The second-order valence-corrected chi connectivity index (χ2v) is 13.3.